The molecule has 0 atom stereocenters. The van der Waals surface area contributed by atoms with E-state index >= 15 is 0 Å². The number of nitrogens with zero attached hydrogens (tertiary/aromatic N) is 4. The highest BCUT2D eigenvalue weighted by Crippen LogP contribution is 2.42. The van der Waals surface area contributed by atoms with Crippen LogP contribution in [0.5, 0.6) is 0 Å². The van der Waals surface area contributed by atoms with E-state index in [2.05, 4.69) is 15.4 Å². The number of aryl methyl sites for hydroxylation is 2. The topological polar surface area (TPSA) is 64.7 Å². The van der Waals surface area contributed by atoms with Crippen molar-refractivity contribution in [1.82, 2.24) is 19.3 Å². The average molecular weight is 391 g/mol. The largest absolute Gasteiger partial charge is 0.435 e. The van der Waals surface area contributed by atoms with Gasteiger partial charge in [-0.1, -0.05) is 12.1 Å². The van der Waals surface area contributed by atoms with Gasteiger partial charge in [0.2, 0.25) is 11.9 Å². The number of halogens is 3. The molecule has 1 N–H and O–H groups in total. The molecule has 0 bridgehead atoms. The Balaban J connectivity index is 1.48. The van der Waals surface area contributed by atoms with Crippen molar-refractivity contribution in [1.29, 1.82) is 0 Å². The van der Waals surface area contributed by atoms with Crippen molar-refractivity contribution in [3.05, 3.63) is 41.7 Å². The number of aromatic nitrogens is 4. The van der Waals surface area contributed by atoms with Crippen molar-refractivity contribution >= 4 is 22.9 Å². The van der Waals surface area contributed by atoms with Crippen LogP contribution in [0.1, 0.15) is 43.5 Å². The van der Waals surface area contributed by atoms with Crippen molar-refractivity contribution in [3.63, 3.8) is 0 Å². The van der Waals surface area contributed by atoms with E-state index in [1.165, 1.54) is 4.68 Å². The van der Waals surface area contributed by atoms with Crippen LogP contribution in [0, 0.1) is 0 Å². The lowest BCUT2D eigenvalue weighted by molar-refractivity contribution is -0.141. The van der Waals surface area contributed by atoms with Crippen molar-refractivity contribution in [3.8, 4) is 0 Å². The predicted octanol–water partition coefficient (Wildman–Crippen LogP) is 4.18. The molecule has 1 aliphatic carbocycles. The maximum absolute atomic E-state index is 13.0. The summed E-state index contributed by atoms with van der Waals surface area (Å²) in [5.41, 5.74) is 1.35. The minimum absolute atomic E-state index is 0.0195. The lowest BCUT2D eigenvalue weighted by Crippen LogP contribution is -2.18. The quantitative estimate of drug-likeness (QED) is 0.686. The monoisotopic (exact) mass is 391 g/mol. The van der Waals surface area contributed by atoms with Gasteiger partial charge in [-0.05, 0) is 38.0 Å². The summed E-state index contributed by atoms with van der Waals surface area (Å²) in [6.07, 6.45) is -2.75. The van der Waals surface area contributed by atoms with Gasteiger partial charge in [-0.25, -0.2) is 4.98 Å². The van der Waals surface area contributed by atoms with Crippen LogP contribution in [0.15, 0.2) is 30.3 Å². The standard InChI is InChI=1S/C19H20F3N5O/c1-2-26-14-6-4-3-5-13(14)23-18(26)24-17(28)9-10-27-15(12-7-8-12)11-16(25-27)19(20,21)22/h3-6,11-12H,2,7-10H2,1H3,(H,23,24,28). The molecule has 28 heavy (non-hydrogen) atoms. The fourth-order valence-electron chi connectivity index (χ4n) is 3.34. The van der Waals surface area contributed by atoms with Crippen molar-refractivity contribution < 1.29 is 18.0 Å². The van der Waals surface area contributed by atoms with E-state index < -0.39 is 11.9 Å². The van der Waals surface area contributed by atoms with E-state index in [9.17, 15) is 18.0 Å². The molecule has 0 saturated heterocycles. The maximum Gasteiger partial charge on any atom is 0.435 e. The SMILES string of the molecule is CCn1c(NC(=O)CCn2nc(C(F)(F)F)cc2C2CC2)nc2ccccc21. The van der Waals surface area contributed by atoms with Gasteiger partial charge in [0.1, 0.15) is 0 Å². The number of hydrogen-bond donors (Lipinski definition) is 1. The highest BCUT2D eigenvalue weighted by Gasteiger charge is 2.37. The Hall–Kier alpha value is -2.84. The molecule has 3 aromatic rings. The molecule has 1 saturated carbocycles. The van der Waals surface area contributed by atoms with E-state index in [-0.39, 0.29) is 24.8 Å². The van der Waals surface area contributed by atoms with Crippen LogP contribution in [-0.4, -0.2) is 25.2 Å². The second-order valence-corrected chi connectivity index (χ2v) is 6.92. The van der Waals surface area contributed by atoms with Crippen molar-refractivity contribution in [2.24, 2.45) is 0 Å². The predicted molar refractivity (Wildman–Crippen MR) is 97.9 cm³/mol. The van der Waals surface area contributed by atoms with Crippen LogP contribution in [0.25, 0.3) is 11.0 Å². The van der Waals surface area contributed by atoms with Gasteiger partial charge < -0.3 is 4.57 Å². The number of carbonyl (C=O) groups excluding carboxylic acids is 1. The number of benzene rings is 1. The number of para-hydroxylation sites is 2. The number of hydrogen-bond acceptors (Lipinski definition) is 3. The first-order chi connectivity index (χ1) is 13.4. The molecule has 1 aromatic carbocycles. The van der Waals surface area contributed by atoms with Gasteiger partial charge in [0, 0.05) is 24.6 Å². The van der Waals surface area contributed by atoms with Gasteiger partial charge in [-0.3, -0.25) is 14.8 Å². The van der Waals surface area contributed by atoms with Crippen LogP contribution >= 0.6 is 0 Å². The third kappa shape index (κ3) is 3.61. The Kier molecular flexibility index (Phi) is 4.60. The minimum Gasteiger partial charge on any atom is -0.310 e. The number of alkyl halides is 3. The van der Waals surface area contributed by atoms with Gasteiger partial charge in [-0.15, -0.1) is 0 Å². The zero-order valence-corrected chi connectivity index (χ0v) is 15.3. The minimum atomic E-state index is -4.48. The third-order valence-corrected chi connectivity index (χ3v) is 4.87. The molecular weight excluding hydrogens is 371 g/mol. The van der Waals surface area contributed by atoms with Crippen LogP contribution in [0.3, 0.4) is 0 Å². The van der Waals surface area contributed by atoms with E-state index in [1.807, 2.05) is 35.8 Å². The van der Waals surface area contributed by atoms with E-state index in [0.29, 0.717) is 18.2 Å². The van der Waals surface area contributed by atoms with Crippen LogP contribution in [0.4, 0.5) is 19.1 Å². The Labute approximate surface area is 159 Å². The van der Waals surface area contributed by atoms with Gasteiger partial charge >= 0.3 is 6.18 Å². The first-order valence-electron chi connectivity index (χ1n) is 9.27. The first-order valence-corrected chi connectivity index (χ1v) is 9.27. The molecule has 2 heterocycles. The summed E-state index contributed by atoms with van der Waals surface area (Å²) < 4.78 is 42.1. The number of rotatable bonds is 6. The smallest absolute Gasteiger partial charge is 0.310 e. The van der Waals surface area contributed by atoms with Crippen molar-refractivity contribution in [2.75, 3.05) is 5.32 Å². The number of imidazole rings is 1. The normalized spacial score (nSPS) is 14.6. The van der Waals surface area contributed by atoms with E-state index in [1.54, 1.807) is 0 Å². The lowest BCUT2D eigenvalue weighted by Gasteiger charge is -2.09. The van der Waals surface area contributed by atoms with Gasteiger partial charge in [-0.2, -0.15) is 18.3 Å². The highest BCUT2D eigenvalue weighted by molar-refractivity contribution is 5.91. The number of amides is 1. The fourth-order valence-corrected chi connectivity index (χ4v) is 3.34. The van der Waals surface area contributed by atoms with Gasteiger partial charge in [0.25, 0.3) is 0 Å². The molecule has 0 unspecified atom stereocenters. The second-order valence-electron chi connectivity index (χ2n) is 6.92. The molecule has 0 radical (unpaired) electrons. The molecule has 4 rings (SSSR count). The Bertz CT molecular complexity index is 1020. The number of carbonyl (C=O) groups is 1. The molecule has 2 aromatic heterocycles. The van der Waals surface area contributed by atoms with Gasteiger partial charge in [0.15, 0.2) is 5.69 Å². The summed E-state index contributed by atoms with van der Waals surface area (Å²) in [6.45, 7) is 2.68. The van der Waals surface area contributed by atoms with Crippen LogP contribution in [-0.2, 0) is 24.1 Å². The molecule has 9 heteroatoms. The van der Waals surface area contributed by atoms with Gasteiger partial charge in [0.05, 0.1) is 17.6 Å². The molecule has 1 amide bonds. The zero-order chi connectivity index (χ0) is 19.9. The summed E-state index contributed by atoms with van der Waals surface area (Å²) >= 11 is 0. The van der Waals surface area contributed by atoms with E-state index in [4.69, 9.17) is 0 Å². The Morgan fingerprint density at radius 3 is 2.71 bits per heavy atom. The molecule has 1 aliphatic rings. The molecule has 148 valence electrons. The Morgan fingerprint density at radius 1 is 1.29 bits per heavy atom. The van der Waals surface area contributed by atoms with Crippen LogP contribution in [0.2, 0.25) is 0 Å². The molecule has 6 nitrogen and oxygen atoms in total. The third-order valence-electron chi connectivity index (χ3n) is 4.87. The first kappa shape index (κ1) is 18.5. The molecule has 1 fully saturated rings. The number of fused-ring (bicyclic) bond motifs is 1. The van der Waals surface area contributed by atoms with Crippen LogP contribution < -0.4 is 5.32 Å². The lowest BCUT2D eigenvalue weighted by atomic mass is 10.2. The average Bonchev–Trinajstić information content (AvgIpc) is 3.29. The molecule has 0 spiro atoms. The highest BCUT2D eigenvalue weighted by atomic mass is 19.4. The summed E-state index contributed by atoms with van der Waals surface area (Å²) in [5, 5.41) is 6.45. The Morgan fingerprint density at radius 2 is 2.04 bits per heavy atom. The van der Waals surface area contributed by atoms with Crippen molar-refractivity contribution in [2.45, 2.75) is 51.4 Å². The summed E-state index contributed by atoms with van der Waals surface area (Å²) in [4.78, 5) is 16.8. The summed E-state index contributed by atoms with van der Waals surface area (Å²) in [6, 6.07) is 8.66. The van der Waals surface area contributed by atoms with E-state index in [0.717, 1.165) is 29.9 Å². The zero-order valence-electron chi connectivity index (χ0n) is 15.3. The second kappa shape index (κ2) is 6.96. The number of nitrogens with one attached hydrogen (secondary N) is 1. The molecule has 0 aliphatic heterocycles. The fraction of sp³-hybridized carbons (Fsp3) is 0.421. The summed E-state index contributed by atoms with van der Waals surface area (Å²) in [5.74, 6) is 0.235. The summed E-state index contributed by atoms with van der Waals surface area (Å²) in [7, 11) is 0. The number of anilines is 1. The molecular formula is C19H20F3N5O. The maximum atomic E-state index is 13.0.